The van der Waals surface area contributed by atoms with Crippen LogP contribution < -0.4 is 9.46 Å². The van der Waals surface area contributed by atoms with Crippen LogP contribution in [0.4, 0.5) is 0 Å². The Morgan fingerprint density at radius 3 is 2.59 bits per heavy atom. The first-order valence-corrected chi connectivity index (χ1v) is 12.5. The molecule has 0 saturated carbocycles. The van der Waals surface area contributed by atoms with E-state index in [4.69, 9.17) is 16.3 Å². The molecule has 1 aliphatic heterocycles. The van der Waals surface area contributed by atoms with E-state index in [0.29, 0.717) is 42.5 Å². The molecule has 0 unspecified atom stereocenters. The molecule has 0 spiro atoms. The Bertz CT molecular complexity index is 1060. The number of carbonyl (C=O) groups is 1. The van der Waals surface area contributed by atoms with Gasteiger partial charge in [0.1, 0.15) is 11.6 Å². The number of nitrogens with one attached hydrogen (secondary N) is 1. The van der Waals surface area contributed by atoms with E-state index in [1.807, 2.05) is 12.1 Å². The van der Waals surface area contributed by atoms with Crippen molar-refractivity contribution in [3.05, 3.63) is 59.1 Å². The van der Waals surface area contributed by atoms with Gasteiger partial charge in [0, 0.05) is 37.1 Å². The second-order valence-corrected chi connectivity index (χ2v) is 9.70. The van der Waals surface area contributed by atoms with Gasteiger partial charge in [-0.1, -0.05) is 30.2 Å². The van der Waals surface area contributed by atoms with Crippen molar-refractivity contribution in [1.29, 1.82) is 0 Å². The monoisotopic (exact) mass is 477 g/mol. The second-order valence-electron chi connectivity index (χ2n) is 7.61. The van der Waals surface area contributed by atoms with Gasteiger partial charge in [-0.05, 0) is 55.7 Å². The van der Waals surface area contributed by atoms with Gasteiger partial charge in [-0.3, -0.25) is 14.5 Å². The van der Waals surface area contributed by atoms with E-state index in [2.05, 4.69) is 9.71 Å². The van der Waals surface area contributed by atoms with Gasteiger partial charge in [-0.25, -0.2) is 8.42 Å². The molecule has 0 bridgehead atoms. The molecule has 1 amide bonds. The Morgan fingerprint density at radius 2 is 1.81 bits per heavy atom. The molecule has 0 aromatic heterocycles. The number of halogens is 1. The first-order chi connectivity index (χ1) is 15.4. The van der Waals surface area contributed by atoms with Crippen LogP contribution in [-0.2, 0) is 14.8 Å². The van der Waals surface area contributed by atoms with Crippen molar-refractivity contribution in [3.63, 3.8) is 0 Å². The molecule has 3 rings (SSSR count). The number of sulfonamides is 1. The SMILES string of the molecule is CN(CCCOc1ccc(Cl)cc1)C(=O)CCCCCN=C1NS(=O)(=O)c2ccccc21. The van der Waals surface area contributed by atoms with Crippen molar-refractivity contribution in [2.45, 2.75) is 37.0 Å². The van der Waals surface area contributed by atoms with Crippen LogP contribution in [0.3, 0.4) is 0 Å². The Balaban J connectivity index is 1.29. The van der Waals surface area contributed by atoms with Crippen molar-refractivity contribution in [2.24, 2.45) is 4.99 Å². The predicted octanol–water partition coefficient (Wildman–Crippen LogP) is 3.87. The Hall–Kier alpha value is -2.58. The summed E-state index contributed by atoms with van der Waals surface area (Å²) in [5, 5.41) is 0.670. The van der Waals surface area contributed by atoms with E-state index >= 15 is 0 Å². The number of nitrogens with zero attached hydrogens (tertiary/aromatic N) is 2. The molecule has 9 heteroatoms. The first-order valence-electron chi connectivity index (χ1n) is 10.7. The zero-order valence-electron chi connectivity index (χ0n) is 18.1. The molecule has 1 heterocycles. The van der Waals surface area contributed by atoms with Crippen LogP contribution in [0.15, 0.2) is 58.4 Å². The minimum atomic E-state index is -3.50. The fraction of sp³-hybridized carbons (Fsp3) is 0.391. The normalized spacial score (nSPS) is 15.2. The summed E-state index contributed by atoms with van der Waals surface area (Å²) in [6.45, 7) is 1.68. The van der Waals surface area contributed by atoms with E-state index in [9.17, 15) is 13.2 Å². The van der Waals surface area contributed by atoms with Gasteiger partial charge in [-0.2, -0.15) is 0 Å². The molecule has 1 N–H and O–H groups in total. The van der Waals surface area contributed by atoms with Gasteiger partial charge in [0.2, 0.25) is 5.91 Å². The van der Waals surface area contributed by atoms with E-state index in [-0.39, 0.29) is 10.8 Å². The molecule has 172 valence electrons. The number of carbonyl (C=O) groups excluding carboxylic acids is 1. The molecular formula is C23H28ClN3O4S. The number of rotatable bonds is 11. The average molecular weight is 478 g/mol. The molecule has 0 fully saturated rings. The van der Waals surface area contributed by atoms with E-state index in [1.165, 1.54) is 0 Å². The van der Waals surface area contributed by atoms with Gasteiger partial charge >= 0.3 is 0 Å². The van der Waals surface area contributed by atoms with Crippen LogP contribution in [0.1, 0.15) is 37.7 Å². The summed E-state index contributed by atoms with van der Waals surface area (Å²) in [7, 11) is -1.69. The summed E-state index contributed by atoms with van der Waals surface area (Å²) in [5.74, 6) is 1.28. The molecule has 1 aliphatic rings. The van der Waals surface area contributed by atoms with Gasteiger partial charge in [0.15, 0.2) is 0 Å². The molecule has 2 aromatic carbocycles. The van der Waals surface area contributed by atoms with Crippen LogP contribution in [0, 0.1) is 0 Å². The molecular weight excluding hydrogens is 450 g/mol. The molecule has 0 saturated heterocycles. The molecule has 7 nitrogen and oxygen atoms in total. The zero-order chi connectivity index (χ0) is 23.0. The summed E-state index contributed by atoms with van der Waals surface area (Å²) >= 11 is 5.85. The van der Waals surface area contributed by atoms with Crippen LogP contribution >= 0.6 is 11.6 Å². The number of amidine groups is 1. The fourth-order valence-electron chi connectivity index (χ4n) is 3.35. The van der Waals surface area contributed by atoms with Crippen LogP contribution in [-0.4, -0.2) is 51.8 Å². The maximum atomic E-state index is 12.3. The average Bonchev–Trinajstić information content (AvgIpc) is 3.05. The quantitative estimate of drug-likeness (QED) is 0.497. The van der Waals surface area contributed by atoms with Gasteiger partial charge < -0.3 is 9.64 Å². The fourth-order valence-corrected chi connectivity index (χ4v) is 4.72. The van der Waals surface area contributed by atoms with Gasteiger partial charge in [0.05, 0.1) is 11.5 Å². The highest BCUT2D eigenvalue weighted by Crippen LogP contribution is 2.22. The lowest BCUT2D eigenvalue weighted by molar-refractivity contribution is -0.130. The van der Waals surface area contributed by atoms with Crippen LogP contribution in [0.5, 0.6) is 5.75 Å². The summed E-state index contributed by atoms with van der Waals surface area (Å²) in [4.78, 5) is 18.7. The molecule has 0 atom stereocenters. The number of ether oxygens (including phenoxy) is 1. The summed E-state index contributed by atoms with van der Waals surface area (Å²) in [5.41, 5.74) is 0.615. The number of unbranched alkanes of at least 4 members (excludes halogenated alkanes) is 2. The van der Waals surface area contributed by atoms with E-state index < -0.39 is 10.0 Å². The smallest absolute Gasteiger partial charge is 0.263 e. The number of hydrogen-bond acceptors (Lipinski definition) is 5. The molecule has 0 aliphatic carbocycles. The third kappa shape index (κ3) is 6.71. The van der Waals surface area contributed by atoms with Crippen molar-refractivity contribution in [1.82, 2.24) is 9.62 Å². The number of hydrogen-bond donors (Lipinski definition) is 1. The third-order valence-electron chi connectivity index (χ3n) is 5.13. The molecule has 2 aromatic rings. The maximum absolute atomic E-state index is 12.3. The van der Waals surface area contributed by atoms with Crippen LogP contribution in [0.2, 0.25) is 5.02 Å². The van der Waals surface area contributed by atoms with Crippen LogP contribution in [0.25, 0.3) is 0 Å². The number of fused-ring (bicyclic) bond motifs is 1. The lowest BCUT2D eigenvalue weighted by Gasteiger charge is -2.17. The van der Waals surface area contributed by atoms with Crippen molar-refractivity contribution >= 4 is 33.4 Å². The summed E-state index contributed by atoms with van der Waals surface area (Å²) in [6, 6.07) is 14.0. The minimum Gasteiger partial charge on any atom is -0.494 e. The minimum absolute atomic E-state index is 0.111. The predicted molar refractivity (Wildman–Crippen MR) is 126 cm³/mol. The van der Waals surface area contributed by atoms with Crippen molar-refractivity contribution < 1.29 is 17.9 Å². The lowest BCUT2D eigenvalue weighted by atomic mass is 10.1. The van der Waals surface area contributed by atoms with Gasteiger partial charge in [0.25, 0.3) is 10.0 Å². The van der Waals surface area contributed by atoms with Gasteiger partial charge in [-0.15, -0.1) is 0 Å². The van der Waals surface area contributed by atoms with Crippen molar-refractivity contribution in [3.8, 4) is 5.75 Å². The Morgan fingerprint density at radius 1 is 1.06 bits per heavy atom. The second kappa shape index (κ2) is 11.3. The number of benzene rings is 2. The van der Waals surface area contributed by atoms with Crippen molar-refractivity contribution in [2.75, 3.05) is 26.7 Å². The lowest BCUT2D eigenvalue weighted by Crippen LogP contribution is -2.28. The summed E-state index contributed by atoms with van der Waals surface area (Å²) in [6.07, 6.45) is 3.65. The number of aliphatic imine (C=N–C) groups is 1. The topological polar surface area (TPSA) is 88.1 Å². The Labute approximate surface area is 194 Å². The third-order valence-corrected chi connectivity index (χ3v) is 6.78. The summed E-state index contributed by atoms with van der Waals surface area (Å²) < 4.78 is 32.3. The van der Waals surface area contributed by atoms with E-state index in [1.54, 1.807) is 48.3 Å². The highest BCUT2D eigenvalue weighted by Gasteiger charge is 2.29. The molecule has 32 heavy (non-hydrogen) atoms. The zero-order valence-corrected chi connectivity index (χ0v) is 19.7. The Kier molecular flexibility index (Phi) is 8.53. The number of amides is 1. The standard InChI is InChI=1S/C23H28ClN3O4S/c1-27(16-7-17-31-19-13-11-18(24)12-14-19)22(28)10-3-2-6-15-25-23-20-8-4-5-9-21(20)32(29,30)26-23/h4-5,8-9,11-14H,2-3,6-7,10,15-17H2,1H3,(H,25,26). The largest absolute Gasteiger partial charge is 0.494 e. The maximum Gasteiger partial charge on any atom is 0.263 e. The first kappa shape index (κ1) is 24.1. The van der Waals surface area contributed by atoms with E-state index in [0.717, 1.165) is 31.4 Å². The molecule has 0 radical (unpaired) electrons. The highest BCUT2D eigenvalue weighted by atomic mass is 35.5. The highest BCUT2D eigenvalue weighted by molar-refractivity contribution is 7.90.